The lowest BCUT2D eigenvalue weighted by Gasteiger charge is -2.13. The lowest BCUT2D eigenvalue weighted by atomic mass is 10.2. The summed E-state index contributed by atoms with van der Waals surface area (Å²) in [5.74, 6) is -1.06. The van der Waals surface area contributed by atoms with Gasteiger partial charge in [0.15, 0.2) is 6.61 Å². The smallest absolute Gasteiger partial charge is 0.325 e. The average Bonchev–Trinajstić information content (AvgIpc) is 3.10. The third kappa shape index (κ3) is 5.42. The lowest BCUT2D eigenvalue weighted by Crippen LogP contribution is -2.32. The summed E-state index contributed by atoms with van der Waals surface area (Å²) in [5.41, 5.74) is 2.96. The van der Waals surface area contributed by atoms with Crippen LogP contribution in [0.15, 0.2) is 54.6 Å². The van der Waals surface area contributed by atoms with Crippen LogP contribution in [0.2, 0.25) is 0 Å². The molecule has 0 spiro atoms. The molecule has 0 aliphatic carbocycles. The molecule has 3 rings (SSSR count). The number of ether oxygens (including phenoxy) is 2. The van der Waals surface area contributed by atoms with E-state index < -0.39 is 30.9 Å². The van der Waals surface area contributed by atoms with Crippen molar-refractivity contribution in [1.29, 1.82) is 5.26 Å². The van der Waals surface area contributed by atoms with Crippen LogP contribution in [0.5, 0.6) is 5.75 Å². The van der Waals surface area contributed by atoms with Crippen LogP contribution in [0.4, 0.5) is 5.82 Å². The number of methoxy groups -OCH3 is 1. The van der Waals surface area contributed by atoms with Gasteiger partial charge in [0.05, 0.1) is 12.7 Å². The quantitative estimate of drug-likeness (QED) is 0.499. The number of nitrogens with zero attached hydrogens (tertiary/aromatic N) is 2. The molecule has 2 N–H and O–H groups in total. The van der Waals surface area contributed by atoms with Crippen molar-refractivity contribution in [3.8, 4) is 17.5 Å². The number of anilines is 1. The molecule has 9 heteroatoms. The van der Waals surface area contributed by atoms with Crippen molar-refractivity contribution in [2.24, 2.45) is 0 Å². The van der Waals surface area contributed by atoms with Crippen LogP contribution in [0.25, 0.3) is 5.69 Å². The summed E-state index contributed by atoms with van der Waals surface area (Å²) < 4.78 is 11.8. The van der Waals surface area contributed by atoms with Gasteiger partial charge in [-0.1, -0.05) is 24.3 Å². The minimum atomic E-state index is -0.780. The maximum Gasteiger partial charge on any atom is 0.325 e. The van der Waals surface area contributed by atoms with Crippen molar-refractivity contribution >= 4 is 23.6 Å². The molecule has 0 fully saturated rings. The van der Waals surface area contributed by atoms with E-state index in [0.29, 0.717) is 22.7 Å². The SMILES string of the molecule is COc1cccc(C(=O)NCC(=O)OCC(=O)Nc2c(C#N)c(C)c(C)n2-c2ccccc2)c1. The van der Waals surface area contributed by atoms with Crippen LogP contribution < -0.4 is 15.4 Å². The van der Waals surface area contributed by atoms with Crippen LogP contribution >= 0.6 is 0 Å². The van der Waals surface area contributed by atoms with Gasteiger partial charge in [0, 0.05) is 16.9 Å². The minimum Gasteiger partial charge on any atom is -0.497 e. The highest BCUT2D eigenvalue weighted by Crippen LogP contribution is 2.29. The second kappa shape index (κ2) is 10.8. The van der Waals surface area contributed by atoms with Gasteiger partial charge in [-0.05, 0) is 49.7 Å². The van der Waals surface area contributed by atoms with E-state index in [-0.39, 0.29) is 0 Å². The fourth-order valence-corrected chi connectivity index (χ4v) is 3.34. The van der Waals surface area contributed by atoms with Crippen LogP contribution in [-0.2, 0) is 14.3 Å². The number of para-hydroxylation sites is 1. The standard InChI is InChI=1S/C25H24N4O5/c1-16-17(2)29(19-9-5-4-6-10-19)24(21(16)13-26)28-22(30)15-34-23(31)14-27-25(32)18-8-7-11-20(12-18)33-3/h4-12H,14-15H2,1-3H3,(H,27,32)(H,28,30). The first-order valence-corrected chi connectivity index (χ1v) is 10.4. The van der Waals surface area contributed by atoms with Gasteiger partial charge in [-0.25, -0.2) is 0 Å². The number of hydrogen-bond donors (Lipinski definition) is 2. The van der Waals surface area contributed by atoms with Crippen LogP contribution in [0.1, 0.15) is 27.2 Å². The third-order valence-electron chi connectivity index (χ3n) is 5.19. The number of nitriles is 1. The molecule has 2 aromatic carbocycles. The summed E-state index contributed by atoms with van der Waals surface area (Å²) in [6.07, 6.45) is 0. The van der Waals surface area contributed by atoms with E-state index in [0.717, 1.165) is 16.9 Å². The molecule has 0 aliphatic rings. The molecule has 3 aromatic rings. The van der Waals surface area contributed by atoms with Crippen LogP contribution in [-0.4, -0.2) is 42.6 Å². The summed E-state index contributed by atoms with van der Waals surface area (Å²) in [6, 6.07) is 17.9. The molecule has 34 heavy (non-hydrogen) atoms. The molecule has 9 nitrogen and oxygen atoms in total. The Labute approximate surface area is 196 Å². The number of rotatable bonds is 8. The predicted molar refractivity (Wildman–Crippen MR) is 125 cm³/mol. The Bertz CT molecular complexity index is 1260. The molecule has 174 valence electrons. The Morgan fingerprint density at radius 1 is 1.06 bits per heavy atom. The Morgan fingerprint density at radius 3 is 2.47 bits per heavy atom. The van der Waals surface area contributed by atoms with E-state index in [1.807, 2.05) is 37.3 Å². The molecular formula is C25H24N4O5. The van der Waals surface area contributed by atoms with Crippen LogP contribution in [0, 0.1) is 25.2 Å². The first kappa shape index (κ1) is 24.1. The lowest BCUT2D eigenvalue weighted by molar-refractivity contribution is -0.146. The molecule has 0 aliphatic heterocycles. The van der Waals surface area contributed by atoms with Crippen molar-refractivity contribution in [3.05, 3.63) is 77.0 Å². The summed E-state index contributed by atoms with van der Waals surface area (Å²) in [5, 5.41) is 14.7. The number of nitrogens with one attached hydrogen (secondary N) is 2. The Morgan fingerprint density at radius 2 is 1.79 bits per heavy atom. The summed E-state index contributed by atoms with van der Waals surface area (Å²) in [4.78, 5) is 36.7. The van der Waals surface area contributed by atoms with Crippen molar-refractivity contribution in [2.75, 3.05) is 25.6 Å². The van der Waals surface area contributed by atoms with Gasteiger partial charge in [-0.2, -0.15) is 5.26 Å². The average molecular weight is 460 g/mol. The number of aromatic nitrogens is 1. The molecular weight excluding hydrogens is 436 g/mol. The molecule has 0 radical (unpaired) electrons. The summed E-state index contributed by atoms with van der Waals surface area (Å²) >= 11 is 0. The van der Waals surface area contributed by atoms with E-state index in [2.05, 4.69) is 16.7 Å². The van der Waals surface area contributed by atoms with Gasteiger partial charge >= 0.3 is 5.97 Å². The zero-order chi connectivity index (χ0) is 24.7. The van der Waals surface area contributed by atoms with E-state index in [1.54, 1.807) is 29.7 Å². The number of hydrogen-bond acceptors (Lipinski definition) is 6. The zero-order valence-electron chi connectivity index (χ0n) is 19.0. The molecule has 0 unspecified atom stereocenters. The Balaban J connectivity index is 1.61. The molecule has 2 amide bonds. The minimum absolute atomic E-state index is 0.302. The van der Waals surface area contributed by atoms with Crippen molar-refractivity contribution in [1.82, 2.24) is 9.88 Å². The second-order valence-electron chi connectivity index (χ2n) is 7.34. The van der Waals surface area contributed by atoms with Gasteiger partial charge in [-0.3, -0.25) is 19.0 Å². The molecule has 0 atom stereocenters. The number of benzene rings is 2. The fourth-order valence-electron chi connectivity index (χ4n) is 3.34. The van der Waals surface area contributed by atoms with E-state index in [4.69, 9.17) is 9.47 Å². The second-order valence-corrected chi connectivity index (χ2v) is 7.34. The van der Waals surface area contributed by atoms with E-state index >= 15 is 0 Å². The molecule has 1 heterocycles. The largest absolute Gasteiger partial charge is 0.497 e. The Kier molecular flexibility index (Phi) is 7.67. The van der Waals surface area contributed by atoms with Gasteiger partial charge in [0.25, 0.3) is 11.8 Å². The first-order chi connectivity index (χ1) is 16.3. The normalized spacial score (nSPS) is 10.2. The summed E-state index contributed by atoms with van der Waals surface area (Å²) in [6.45, 7) is 2.67. The molecule has 0 bridgehead atoms. The highest BCUT2D eigenvalue weighted by Gasteiger charge is 2.21. The van der Waals surface area contributed by atoms with Crippen molar-refractivity contribution in [2.45, 2.75) is 13.8 Å². The number of carbonyl (C=O) groups excluding carboxylic acids is 3. The molecule has 0 saturated carbocycles. The van der Waals surface area contributed by atoms with Crippen molar-refractivity contribution in [3.63, 3.8) is 0 Å². The summed E-state index contributed by atoms with van der Waals surface area (Å²) in [7, 11) is 1.48. The van der Waals surface area contributed by atoms with Crippen LogP contribution in [0.3, 0.4) is 0 Å². The molecule has 0 saturated heterocycles. The van der Waals surface area contributed by atoms with Crippen molar-refractivity contribution < 1.29 is 23.9 Å². The van der Waals surface area contributed by atoms with E-state index in [1.165, 1.54) is 13.2 Å². The predicted octanol–water partition coefficient (Wildman–Crippen LogP) is 2.89. The van der Waals surface area contributed by atoms with Gasteiger partial charge in [-0.15, -0.1) is 0 Å². The third-order valence-corrected chi connectivity index (χ3v) is 5.19. The zero-order valence-corrected chi connectivity index (χ0v) is 19.0. The van der Waals surface area contributed by atoms with Gasteiger partial charge < -0.3 is 20.1 Å². The van der Waals surface area contributed by atoms with Gasteiger partial charge in [0.2, 0.25) is 0 Å². The number of carbonyl (C=O) groups is 3. The monoisotopic (exact) mass is 460 g/mol. The Hall–Kier alpha value is -4.58. The number of amides is 2. The maximum atomic E-state index is 12.5. The molecule has 1 aromatic heterocycles. The van der Waals surface area contributed by atoms with E-state index in [9.17, 15) is 19.6 Å². The first-order valence-electron chi connectivity index (χ1n) is 10.4. The van der Waals surface area contributed by atoms with Gasteiger partial charge in [0.1, 0.15) is 24.2 Å². The fraction of sp³-hybridized carbons (Fsp3) is 0.200. The number of esters is 1. The maximum absolute atomic E-state index is 12.5. The highest BCUT2D eigenvalue weighted by molar-refractivity contribution is 5.97. The highest BCUT2D eigenvalue weighted by atomic mass is 16.5. The topological polar surface area (TPSA) is 122 Å².